The van der Waals surface area contributed by atoms with Crippen LogP contribution in [0.25, 0.3) is 0 Å². The molecular formula is C16H15BrClNO2. The van der Waals surface area contributed by atoms with E-state index in [1.165, 1.54) is 5.56 Å². The molecule has 0 spiro atoms. The van der Waals surface area contributed by atoms with Crippen molar-refractivity contribution in [3.63, 3.8) is 0 Å². The van der Waals surface area contributed by atoms with E-state index < -0.39 is 0 Å². The van der Waals surface area contributed by atoms with Crippen molar-refractivity contribution in [2.75, 3.05) is 18.5 Å². The smallest absolute Gasteiger partial charge is 0.179 e. The maximum atomic E-state index is 6.24. The SMILES string of the molecule is Cc1cc(Br)ccc1NCc1cc(Cl)c2c(c1)OCCO2. The maximum absolute atomic E-state index is 6.24. The van der Waals surface area contributed by atoms with E-state index in [0.29, 0.717) is 30.5 Å². The molecule has 0 bridgehead atoms. The Labute approximate surface area is 137 Å². The number of nitrogens with one attached hydrogen (secondary N) is 1. The van der Waals surface area contributed by atoms with E-state index in [1.54, 1.807) is 0 Å². The molecular weight excluding hydrogens is 354 g/mol. The molecule has 0 aliphatic carbocycles. The largest absolute Gasteiger partial charge is 0.486 e. The van der Waals surface area contributed by atoms with Gasteiger partial charge in [0.1, 0.15) is 13.2 Å². The lowest BCUT2D eigenvalue weighted by molar-refractivity contribution is 0.171. The van der Waals surface area contributed by atoms with E-state index in [1.807, 2.05) is 18.2 Å². The van der Waals surface area contributed by atoms with Gasteiger partial charge < -0.3 is 14.8 Å². The molecule has 5 heteroatoms. The molecule has 0 aromatic heterocycles. The highest BCUT2D eigenvalue weighted by Gasteiger charge is 2.16. The molecule has 0 radical (unpaired) electrons. The van der Waals surface area contributed by atoms with Crippen LogP contribution in [0.3, 0.4) is 0 Å². The number of halogens is 2. The van der Waals surface area contributed by atoms with Crippen LogP contribution in [-0.2, 0) is 6.54 Å². The fraction of sp³-hybridized carbons (Fsp3) is 0.250. The quantitative estimate of drug-likeness (QED) is 0.844. The number of anilines is 1. The summed E-state index contributed by atoms with van der Waals surface area (Å²) in [5.41, 5.74) is 3.35. The lowest BCUT2D eigenvalue weighted by Gasteiger charge is -2.20. The molecule has 3 nitrogen and oxygen atoms in total. The van der Waals surface area contributed by atoms with Crippen LogP contribution < -0.4 is 14.8 Å². The summed E-state index contributed by atoms with van der Waals surface area (Å²) < 4.78 is 12.2. The molecule has 0 unspecified atom stereocenters. The van der Waals surface area contributed by atoms with Gasteiger partial charge in [0, 0.05) is 16.7 Å². The zero-order valence-corrected chi connectivity index (χ0v) is 13.9. The van der Waals surface area contributed by atoms with E-state index in [0.717, 1.165) is 21.5 Å². The molecule has 0 saturated heterocycles. The molecule has 0 fully saturated rings. The van der Waals surface area contributed by atoms with Crippen LogP contribution in [0.4, 0.5) is 5.69 Å². The minimum absolute atomic E-state index is 0.544. The van der Waals surface area contributed by atoms with Crippen molar-refractivity contribution in [1.29, 1.82) is 0 Å². The number of benzene rings is 2. The minimum Gasteiger partial charge on any atom is -0.486 e. The molecule has 2 aromatic carbocycles. The third-order valence-corrected chi connectivity index (χ3v) is 4.10. The second kappa shape index (κ2) is 6.16. The predicted octanol–water partition coefficient (Wildman–Crippen LogP) is 4.79. The molecule has 3 rings (SSSR count). The van der Waals surface area contributed by atoms with Crippen molar-refractivity contribution in [2.24, 2.45) is 0 Å². The first-order valence-electron chi connectivity index (χ1n) is 6.71. The number of fused-ring (bicyclic) bond motifs is 1. The summed E-state index contributed by atoms with van der Waals surface area (Å²) in [6.07, 6.45) is 0. The second-order valence-corrected chi connectivity index (χ2v) is 6.24. The van der Waals surface area contributed by atoms with Crippen molar-refractivity contribution < 1.29 is 9.47 Å². The Morgan fingerprint density at radius 2 is 2.00 bits per heavy atom. The molecule has 0 saturated carbocycles. The lowest BCUT2D eigenvalue weighted by atomic mass is 10.1. The van der Waals surface area contributed by atoms with Crippen molar-refractivity contribution in [3.05, 3.63) is 51.0 Å². The van der Waals surface area contributed by atoms with Gasteiger partial charge in [-0.25, -0.2) is 0 Å². The lowest BCUT2D eigenvalue weighted by Crippen LogP contribution is -2.16. The molecule has 1 aliphatic heterocycles. The van der Waals surface area contributed by atoms with Crippen LogP contribution in [-0.4, -0.2) is 13.2 Å². The number of hydrogen-bond acceptors (Lipinski definition) is 3. The summed E-state index contributed by atoms with van der Waals surface area (Å²) in [4.78, 5) is 0. The number of hydrogen-bond donors (Lipinski definition) is 1. The van der Waals surface area contributed by atoms with E-state index in [4.69, 9.17) is 21.1 Å². The third kappa shape index (κ3) is 3.27. The zero-order valence-electron chi connectivity index (χ0n) is 11.6. The molecule has 2 aromatic rings. The van der Waals surface area contributed by atoms with Crippen LogP contribution in [0.5, 0.6) is 11.5 Å². The molecule has 0 atom stereocenters. The Kier molecular flexibility index (Phi) is 4.27. The topological polar surface area (TPSA) is 30.5 Å². The molecule has 1 N–H and O–H groups in total. The Hall–Kier alpha value is -1.39. The van der Waals surface area contributed by atoms with Gasteiger partial charge in [-0.2, -0.15) is 0 Å². The van der Waals surface area contributed by atoms with E-state index in [9.17, 15) is 0 Å². The minimum atomic E-state index is 0.544. The van der Waals surface area contributed by atoms with Gasteiger partial charge in [-0.3, -0.25) is 0 Å². The highest BCUT2D eigenvalue weighted by Crippen LogP contribution is 2.38. The van der Waals surface area contributed by atoms with E-state index >= 15 is 0 Å². The standard InChI is InChI=1S/C16H15BrClNO2/c1-10-6-12(17)2-3-14(10)19-9-11-7-13(18)16-15(8-11)20-4-5-21-16/h2-3,6-8,19H,4-5,9H2,1H3. The Balaban J connectivity index is 1.77. The van der Waals surface area contributed by atoms with Crippen LogP contribution in [0.2, 0.25) is 5.02 Å². The molecule has 0 amide bonds. The summed E-state index contributed by atoms with van der Waals surface area (Å²) in [6.45, 7) is 3.86. The summed E-state index contributed by atoms with van der Waals surface area (Å²) in [5.74, 6) is 1.37. The van der Waals surface area contributed by atoms with Gasteiger partial charge in [0.15, 0.2) is 11.5 Å². The summed E-state index contributed by atoms with van der Waals surface area (Å²) in [6, 6.07) is 10.0. The van der Waals surface area contributed by atoms with Crippen molar-refractivity contribution >= 4 is 33.2 Å². The van der Waals surface area contributed by atoms with Gasteiger partial charge in [-0.15, -0.1) is 0 Å². The third-order valence-electron chi connectivity index (χ3n) is 3.33. The van der Waals surface area contributed by atoms with Crippen molar-refractivity contribution in [3.8, 4) is 11.5 Å². The van der Waals surface area contributed by atoms with Gasteiger partial charge in [0.25, 0.3) is 0 Å². The van der Waals surface area contributed by atoms with E-state index in [2.05, 4.69) is 40.3 Å². The monoisotopic (exact) mass is 367 g/mol. The first kappa shape index (κ1) is 14.5. The normalized spacial score (nSPS) is 13.1. The first-order chi connectivity index (χ1) is 10.1. The zero-order chi connectivity index (χ0) is 14.8. The molecule has 21 heavy (non-hydrogen) atoms. The van der Waals surface area contributed by atoms with Crippen molar-refractivity contribution in [1.82, 2.24) is 0 Å². The van der Waals surface area contributed by atoms with Crippen LogP contribution in [0.15, 0.2) is 34.8 Å². The highest BCUT2D eigenvalue weighted by molar-refractivity contribution is 9.10. The number of aryl methyl sites for hydroxylation is 1. The fourth-order valence-corrected chi connectivity index (χ4v) is 3.05. The Bertz CT molecular complexity index is 676. The first-order valence-corrected chi connectivity index (χ1v) is 7.88. The number of rotatable bonds is 3. The fourth-order valence-electron chi connectivity index (χ4n) is 2.29. The average Bonchev–Trinajstić information content (AvgIpc) is 2.46. The van der Waals surface area contributed by atoms with Gasteiger partial charge >= 0.3 is 0 Å². The highest BCUT2D eigenvalue weighted by atomic mass is 79.9. The molecule has 110 valence electrons. The Morgan fingerprint density at radius 1 is 1.19 bits per heavy atom. The van der Waals surface area contributed by atoms with Crippen LogP contribution in [0, 0.1) is 6.92 Å². The summed E-state index contributed by atoms with van der Waals surface area (Å²) in [5, 5.41) is 4.01. The van der Waals surface area contributed by atoms with Gasteiger partial charge in [-0.1, -0.05) is 27.5 Å². The summed E-state index contributed by atoms with van der Waals surface area (Å²) >= 11 is 9.71. The van der Waals surface area contributed by atoms with E-state index in [-0.39, 0.29) is 0 Å². The van der Waals surface area contributed by atoms with Gasteiger partial charge in [0.05, 0.1) is 5.02 Å². The summed E-state index contributed by atoms with van der Waals surface area (Å²) in [7, 11) is 0. The van der Waals surface area contributed by atoms with Crippen molar-refractivity contribution in [2.45, 2.75) is 13.5 Å². The second-order valence-electron chi connectivity index (χ2n) is 4.91. The van der Waals surface area contributed by atoms with Crippen LogP contribution >= 0.6 is 27.5 Å². The molecule has 1 aliphatic rings. The predicted molar refractivity (Wildman–Crippen MR) is 88.6 cm³/mol. The average molecular weight is 369 g/mol. The molecule has 1 heterocycles. The van der Waals surface area contributed by atoms with Crippen LogP contribution in [0.1, 0.15) is 11.1 Å². The maximum Gasteiger partial charge on any atom is 0.179 e. The van der Waals surface area contributed by atoms with Gasteiger partial charge in [0.2, 0.25) is 0 Å². The number of ether oxygens (including phenoxy) is 2. The Morgan fingerprint density at radius 3 is 2.81 bits per heavy atom. The van der Waals surface area contributed by atoms with Gasteiger partial charge in [-0.05, 0) is 48.4 Å².